The summed E-state index contributed by atoms with van der Waals surface area (Å²) in [5.41, 5.74) is 0.187. The summed E-state index contributed by atoms with van der Waals surface area (Å²) in [6.07, 6.45) is 3.71. The molecular weight excluding hydrogens is 346 g/mol. The van der Waals surface area contributed by atoms with Crippen LogP contribution in [0.1, 0.15) is 38.2 Å². The molecule has 1 saturated carbocycles. The average molecular weight is 373 g/mol. The van der Waals surface area contributed by atoms with Crippen molar-refractivity contribution in [2.45, 2.75) is 44.6 Å². The summed E-state index contributed by atoms with van der Waals surface area (Å²) >= 11 is 0. The zero-order valence-corrected chi connectivity index (χ0v) is 15.9. The van der Waals surface area contributed by atoms with Gasteiger partial charge in [0.05, 0.1) is 7.11 Å². The van der Waals surface area contributed by atoms with E-state index in [1.807, 2.05) is 24.3 Å². The molecule has 3 rings (SSSR count). The molecule has 27 heavy (non-hydrogen) atoms. The number of hydrogen-bond donors (Lipinski definition) is 2. The van der Waals surface area contributed by atoms with Crippen LogP contribution in [0, 0.1) is 5.92 Å². The lowest BCUT2D eigenvalue weighted by Gasteiger charge is -2.33. The Morgan fingerprint density at radius 2 is 2.00 bits per heavy atom. The van der Waals surface area contributed by atoms with Crippen LogP contribution < -0.4 is 15.4 Å². The molecule has 7 heteroatoms. The molecule has 1 spiro atoms. The van der Waals surface area contributed by atoms with Gasteiger partial charge in [-0.05, 0) is 49.7 Å². The van der Waals surface area contributed by atoms with Crippen molar-refractivity contribution in [3.8, 4) is 5.75 Å². The van der Waals surface area contributed by atoms with Gasteiger partial charge in [-0.3, -0.25) is 14.5 Å². The molecule has 1 aromatic rings. The van der Waals surface area contributed by atoms with Crippen molar-refractivity contribution in [1.29, 1.82) is 0 Å². The number of amides is 4. The maximum atomic E-state index is 12.8. The third-order valence-corrected chi connectivity index (χ3v) is 5.58. The lowest BCUT2D eigenvalue weighted by atomic mass is 9.77. The molecule has 0 bridgehead atoms. The Bertz CT molecular complexity index is 726. The molecule has 0 radical (unpaired) electrons. The van der Waals surface area contributed by atoms with Gasteiger partial charge < -0.3 is 15.4 Å². The fourth-order valence-corrected chi connectivity index (χ4v) is 3.86. The summed E-state index contributed by atoms with van der Waals surface area (Å²) in [5.74, 6) is 0.732. The number of benzene rings is 1. The Kier molecular flexibility index (Phi) is 5.68. The maximum absolute atomic E-state index is 12.8. The van der Waals surface area contributed by atoms with E-state index in [0.717, 1.165) is 29.1 Å². The maximum Gasteiger partial charge on any atom is 0.325 e. The predicted molar refractivity (Wildman–Crippen MR) is 100 cm³/mol. The highest BCUT2D eigenvalue weighted by Crippen LogP contribution is 2.36. The predicted octanol–water partition coefficient (Wildman–Crippen LogP) is 1.85. The molecule has 146 valence electrons. The third kappa shape index (κ3) is 4.07. The Hall–Kier alpha value is -2.57. The standard InChI is InChI=1S/C20H27N3O4/c1-14-7-10-20(11-8-14)18(25)23(19(26)22-20)13-17(24)21-12-9-15-5-3-4-6-16(15)27-2/h3-6,14H,7-13H2,1-2H3,(H,21,24)(H,22,26). The second-order valence-electron chi connectivity index (χ2n) is 7.50. The van der Waals surface area contributed by atoms with Gasteiger partial charge in [0.1, 0.15) is 17.8 Å². The number of ether oxygens (including phenoxy) is 1. The van der Waals surface area contributed by atoms with E-state index in [9.17, 15) is 14.4 Å². The number of carbonyl (C=O) groups excluding carboxylic acids is 3. The van der Waals surface area contributed by atoms with Gasteiger partial charge in [-0.1, -0.05) is 25.1 Å². The highest BCUT2D eigenvalue weighted by molar-refractivity contribution is 6.09. The van der Waals surface area contributed by atoms with Crippen LogP contribution in [0.25, 0.3) is 0 Å². The van der Waals surface area contributed by atoms with Crippen LogP contribution in [0.4, 0.5) is 4.79 Å². The van der Waals surface area contributed by atoms with Gasteiger partial charge in [0.15, 0.2) is 0 Å². The van der Waals surface area contributed by atoms with Gasteiger partial charge >= 0.3 is 6.03 Å². The van der Waals surface area contributed by atoms with E-state index < -0.39 is 11.6 Å². The lowest BCUT2D eigenvalue weighted by Crippen LogP contribution is -2.50. The van der Waals surface area contributed by atoms with Crippen LogP contribution in [0.2, 0.25) is 0 Å². The first-order valence-corrected chi connectivity index (χ1v) is 9.48. The van der Waals surface area contributed by atoms with Crippen molar-refractivity contribution in [2.24, 2.45) is 5.92 Å². The topological polar surface area (TPSA) is 87.7 Å². The van der Waals surface area contributed by atoms with Crippen molar-refractivity contribution in [1.82, 2.24) is 15.5 Å². The van der Waals surface area contributed by atoms with E-state index in [0.29, 0.717) is 31.7 Å². The highest BCUT2D eigenvalue weighted by Gasteiger charge is 2.52. The third-order valence-electron chi connectivity index (χ3n) is 5.58. The van der Waals surface area contributed by atoms with Crippen LogP contribution >= 0.6 is 0 Å². The fourth-order valence-electron chi connectivity index (χ4n) is 3.86. The van der Waals surface area contributed by atoms with Gasteiger partial charge in [-0.15, -0.1) is 0 Å². The summed E-state index contributed by atoms with van der Waals surface area (Å²) < 4.78 is 5.29. The minimum absolute atomic E-state index is 0.242. The molecule has 2 fully saturated rings. The van der Waals surface area contributed by atoms with E-state index >= 15 is 0 Å². The van der Waals surface area contributed by atoms with E-state index in [2.05, 4.69) is 17.6 Å². The summed E-state index contributed by atoms with van der Waals surface area (Å²) in [7, 11) is 1.61. The molecule has 2 aliphatic rings. The number of para-hydroxylation sites is 1. The highest BCUT2D eigenvalue weighted by atomic mass is 16.5. The Morgan fingerprint density at radius 3 is 2.70 bits per heavy atom. The first kappa shape index (κ1) is 19.2. The molecule has 1 heterocycles. The molecule has 4 amide bonds. The smallest absolute Gasteiger partial charge is 0.325 e. The van der Waals surface area contributed by atoms with E-state index in [1.54, 1.807) is 7.11 Å². The van der Waals surface area contributed by atoms with Crippen LogP contribution in [0.15, 0.2) is 24.3 Å². The quantitative estimate of drug-likeness (QED) is 0.745. The molecule has 7 nitrogen and oxygen atoms in total. The van der Waals surface area contributed by atoms with Crippen LogP contribution in [0.5, 0.6) is 5.75 Å². The summed E-state index contributed by atoms with van der Waals surface area (Å²) in [4.78, 5) is 38.3. The second kappa shape index (κ2) is 7.98. The number of carbonyl (C=O) groups is 3. The zero-order valence-electron chi connectivity index (χ0n) is 15.9. The monoisotopic (exact) mass is 373 g/mol. The number of methoxy groups -OCH3 is 1. The lowest BCUT2D eigenvalue weighted by molar-refractivity contribution is -0.136. The van der Waals surface area contributed by atoms with Gasteiger partial charge in [-0.2, -0.15) is 0 Å². The Labute approximate surface area is 159 Å². The molecule has 0 aromatic heterocycles. The molecule has 2 N–H and O–H groups in total. The molecule has 1 aliphatic heterocycles. The van der Waals surface area contributed by atoms with E-state index in [-0.39, 0.29) is 18.4 Å². The number of imide groups is 1. The molecule has 1 aliphatic carbocycles. The van der Waals surface area contributed by atoms with E-state index in [4.69, 9.17) is 4.74 Å². The van der Waals surface area contributed by atoms with Gasteiger partial charge in [-0.25, -0.2) is 4.79 Å². The second-order valence-corrected chi connectivity index (χ2v) is 7.50. The van der Waals surface area contributed by atoms with Crippen molar-refractivity contribution >= 4 is 17.8 Å². The molecule has 1 saturated heterocycles. The first-order chi connectivity index (χ1) is 12.9. The molecule has 0 unspecified atom stereocenters. The molecule has 1 aromatic carbocycles. The minimum atomic E-state index is -0.804. The van der Waals surface area contributed by atoms with Crippen molar-refractivity contribution in [2.75, 3.05) is 20.2 Å². The fraction of sp³-hybridized carbons (Fsp3) is 0.550. The number of nitrogens with one attached hydrogen (secondary N) is 2. The average Bonchev–Trinajstić information content (AvgIpc) is 2.89. The van der Waals surface area contributed by atoms with Crippen LogP contribution in [0.3, 0.4) is 0 Å². The number of nitrogens with zero attached hydrogens (tertiary/aromatic N) is 1. The SMILES string of the molecule is COc1ccccc1CCNC(=O)CN1C(=O)NC2(CCC(C)CC2)C1=O. The molecule has 0 atom stereocenters. The Balaban J connectivity index is 1.52. The van der Waals surface area contributed by atoms with Crippen molar-refractivity contribution in [3.05, 3.63) is 29.8 Å². The zero-order chi connectivity index (χ0) is 19.4. The largest absolute Gasteiger partial charge is 0.496 e. The van der Waals surface area contributed by atoms with Crippen LogP contribution in [-0.2, 0) is 16.0 Å². The summed E-state index contributed by atoms with van der Waals surface area (Å²) in [6.45, 7) is 2.32. The van der Waals surface area contributed by atoms with Gasteiger partial charge in [0.25, 0.3) is 5.91 Å². The van der Waals surface area contributed by atoms with Crippen molar-refractivity contribution in [3.63, 3.8) is 0 Å². The number of rotatable bonds is 6. The first-order valence-electron chi connectivity index (χ1n) is 9.48. The van der Waals surface area contributed by atoms with Gasteiger partial charge in [0.2, 0.25) is 5.91 Å². The number of urea groups is 1. The summed E-state index contributed by atoms with van der Waals surface area (Å²) in [6, 6.07) is 7.15. The van der Waals surface area contributed by atoms with Gasteiger partial charge in [0, 0.05) is 6.54 Å². The van der Waals surface area contributed by atoms with E-state index in [1.165, 1.54) is 0 Å². The summed E-state index contributed by atoms with van der Waals surface area (Å²) in [5, 5.41) is 5.61. The Morgan fingerprint density at radius 1 is 1.30 bits per heavy atom. The van der Waals surface area contributed by atoms with Crippen LogP contribution in [-0.4, -0.2) is 48.5 Å². The number of hydrogen-bond acceptors (Lipinski definition) is 4. The van der Waals surface area contributed by atoms with Crippen molar-refractivity contribution < 1.29 is 19.1 Å². The minimum Gasteiger partial charge on any atom is -0.496 e. The molecular formula is C20H27N3O4. The normalized spacial score (nSPS) is 24.8.